The third-order valence-corrected chi connectivity index (χ3v) is 2.81. The SMILES string of the molecule is COC(=O)/C=C/c1ccc(-c2cccc(Br)c2)o1. The normalized spacial score (nSPS) is 10.8. The van der Waals surface area contributed by atoms with E-state index in [-0.39, 0.29) is 0 Å². The first kappa shape index (κ1) is 12.6. The van der Waals surface area contributed by atoms with Crippen molar-refractivity contribution >= 4 is 28.0 Å². The van der Waals surface area contributed by atoms with Gasteiger partial charge in [0.2, 0.25) is 0 Å². The summed E-state index contributed by atoms with van der Waals surface area (Å²) >= 11 is 3.41. The molecule has 0 aliphatic heterocycles. The summed E-state index contributed by atoms with van der Waals surface area (Å²) in [6.07, 6.45) is 2.90. The lowest BCUT2D eigenvalue weighted by molar-refractivity contribution is -0.134. The van der Waals surface area contributed by atoms with Crippen molar-refractivity contribution in [1.82, 2.24) is 0 Å². The molecule has 0 saturated heterocycles. The molecule has 1 aromatic carbocycles. The third-order valence-electron chi connectivity index (χ3n) is 2.32. The minimum Gasteiger partial charge on any atom is -0.466 e. The van der Waals surface area contributed by atoms with E-state index in [4.69, 9.17) is 4.42 Å². The van der Waals surface area contributed by atoms with E-state index in [9.17, 15) is 4.79 Å². The van der Waals surface area contributed by atoms with Crippen LogP contribution in [0.3, 0.4) is 0 Å². The number of furan rings is 1. The van der Waals surface area contributed by atoms with Crippen molar-refractivity contribution in [2.45, 2.75) is 0 Å². The molecule has 0 radical (unpaired) electrons. The molecule has 18 heavy (non-hydrogen) atoms. The summed E-state index contributed by atoms with van der Waals surface area (Å²) in [5, 5.41) is 0. The average molecular weight is 307 g/mol. The van der Waals surface area contributed by atoms with Crippen molar-refractivity contribution in [3.05, 3.63) is 52.7 Å². The molecule has 0 N–H and O–H groups in total. The average Bonchev–Trinajstić information content (AvgIpc) is 2.84. The molecule has 1 heterocycles. The van der Waals surface area contributed by atoms with Crippen molar-refractivity contribution in [2.75, 3.05) is 7.11 Å². The first-order valence-electron chi connectivity index (χ1n) is 5.31. The molecule has 3 nitrogen and oxygen atoms in total. The summed E-state index contributed by atoms with van der Waals surface area (Å²) in [6, 6.07) is 11.5. The van der Waals surface area contributed by atoms with E-state index in [1.807, 2.05) is 30.3 Å². The highest BCUT2D eigenvalue weighted by molar-refractivity contribution is 9.10. The molecule has 0 fully saturated rings. The molecular weight excluding hydrogens is 296 g/mol. The second-order valence-corrected chi connectivity index (χ2v) is 4.48. The van der Waals surface area contributed by atoms with Gasteiger partial charge >= 0.3 is 5.97 Å². The Hall–Kier alpha value is -1.81. The number of methoxy groups -OCH3 is 1. The minimum atomic E-state index is -0.407. The van der Waals surface area contributed by atoms with E-state index < -0.39 is 5.97 Å². The van der Waals surface area contributed by atoms with Crippen LogP contribution >= 0.6 is 15.9 Å². The Balaban J connectivity index is 2.20. The van der Waals surface area contributed by atoms with Gasteiger partial charge in [0.15, 0.2) is 0 Å². The highest BCUT2D eigenvalue weighted by Gasteiger charge is 2.03. The van der Waals surface area contributed by atoms with Gasteiger partial charge in [-0.1, -0.05) is 28.1 Å². The molecular formula is C14H11BrO3. The van der Waals surface area contributed by atoms with E-state index >= 15 is 0 Å². The second-order valence-electron chi connectivity index (χ2n) is 3.57. The Labute approximate surface area is 113 Å². The van der Waals surface area contributed by atoms with Crippen LogP contribution < -0.4 is 0 Å². The maximum Gasteiger partial charge on any atom is 0.330 e. The van der Waals surface area contributed by atoms with Crippen LogP contribution in [-0.2, 0) is 9.53 Å². The molecule has 0 atom stereocenters. The summed E-state index contributed by atoms with van der Waals surface area (Å²) in [7, 11) is 1.34. The first-order chi connectivity index (χ1) is 8.69. The van der Waals surface area contributed by atoms with Crippen molar-refractivity contribution in [3.63, 3.8) is 0 Å². The molecule has 0 bridgehead atoms. The van der Waals surface area contributed by atoms with Gasteiger partial charge in [-0.25, -0.2) is 4.79 Å². The third kappa shape index (κ3) is 3.11. The number of hydrogen-bond acceptors (Lipinski definition) is 3. The van der Waals surface area contributed by atoms with Gasteiger partial charge in [-0.2, -0.15) is 0 Å². The van der Waals surface area contributed by atoms with E-state index in [0.717, 1.165) is 15.8 Å². The molecule has 0 aliphatic rings. The zero-order valence-corrected chi connectivity index (χ0v) is 11.3. The lowest BCUT2D eigenvalue weighted by atomic mass is 10.2. The highest BCUT2D eigenvalue weighted by atomic mass is 79.9. The van der Waals surface area contributed by atoms with Crippen LogP contribution in [0.4, 0.5) is 0 Å². The molecule has 2 aromatic rings. The fraction of sp³-hybridized carbons (Fsp3) is 0.0714. The van der Waals surface area contributed by atoms with Crippen LogP contribution in [0.5, 0.6) is 0 Å². The first-order valence-corrected chi connectivity index (χ1v) is 6.10. The molecule has 92 valence electrons. The zero-order valence-electron chi connectivity index (χ0n) is 9.72. The van der Waals surface area contributed by atoms with Gasteiger partial charge in [0.25, 0.3) is 0 Å². The molecule has 0 aliphatic carbocycles. The van der Waals surface area contributed by atoms with Gasteiger partial charge in [0.1, 0.15) is 11.5 Å². The van der Waals surface area contributed by atoms with Crippen LogP contribution in [-0.4, -0.2) is 13.1 Å². The zero-order chi connectivity index (χ0) is 13.0. The summed E-state index contributed by atoms with van der Waals surface area (Å²) in [5.74, 6) is 0.951. The molecule has 0 amide bonds. The van der Waals surface area contributed by atoms with Gasteiger partial charge < -0.3 is 9.15 Å². The van der Waals surface area contributed by atoms with E-state index in [2.05, 4.69) is 20.7 Å². The standard InChI is InChI=1S/C14H11BrO3/c1-17-14(16)8-6-12-5-7-13(18-12)10-3-2-4-11(15)9-10/h2-9H,1H3/b8-6+. The van der Waals surface area contributed by atoms with Crippen molar-refractivity contribution in [3.8, 4) is 11.3 Å². The quantitative estimate of drug-likeness (QED) is 0.638. The Kier molecular flexibility index (Phi) is 3.99. The minimum absolute atomic E-state index is 0.407. The van der Waals surface area contributed by atoms with Gasteiger partial charge in [0.05, 0.1) is 7.11 Å². The van der Waals surface area contributed by atoms with Crippen molar-refractivity contribution < 1.29 is 13.9 Å². The van der Waals surface area contributed by atoms with Crippen LogP contribution in [0.1, 0.15) is 5.76 Å². The highest BCUT2D eigenvalue weighted by Crippen LogP contribution is 2.25. The Morgan fingerprint density at radius 2 is 2.17 bits per heavy atom. The number of rotatable bonds is 3. The number of esters is 1. The van der Waals surface area contributed by atoms with Gasteiger partial charge in [-0.15, -0.1) is 0 Å². The second kappa shape index (κ2) is 5.69. The van der Waals surface area contributed by atoms with E-state index in [0.29, 0.717) is 5.76 Å². The molecule has 4 heteroatoms. The maximum absolute atomic E-state index is 10.9. The largest absolute Gasteiger partial charge is 0.466 e. The number of hydrogen-bond donors (Lipinski definition) is 0. The lowest BCUT2D eigenvalue weighted by Crippen LogP contribution is -1.92. The maximum atomic E-state index is 10.9. The molecule has 0 saturated carbocycles. The number of ether oxygens (including phenoxy) is 1. The fourth-order valence-corrected chi connectivity index (χ4v) is 1.86. The lowest BCUT2D eigenvalue weighted by Gasteiger charge is -1.97. The van der Waals surface area contributed by atoms with Crippen LogP contribution in [0.15, 0.2) is 51.4 Å². The van der Waals surface area contributed by atoms with Crippen molar-refractivity contribution in [2.24, 2.45) is 0 Å². The predicted molar refractivity (Wildman–Crippen MR) is 72.9 cm³/mol. The monoisotopic (exact) mass is 306 g/mol. The molecule has 0 unspecified atom stereocenters. The summed E-state index contributed by atoms with van der Waals surface area (Å²) in [4.78, 5) is 10.9. The molecule has 0 spiro atoms. The number of carbonyl (C=O) groups excluding carboxylic acids is 1. The molecule has 2 rings (SSSR count). The number of halogens is 1. The van der Waals surface area contributed by atoms with E-state index in [1.165, 1.54) is 13.2 Å². The Morgan fingerprint density at radius 1 is 1.33 bits per heavy atom. The summed E-state index contributed by atoms with van der Waals surface area (Å²) in [5.41, 5.74) is 0.974. The fourth-order valence-electron chi connectivity index (χ4n) is 1.46. The van der Waals surface area contributed by atoms with Gasteiger partial charge in [-0.3, -0.25) is 0 Å². The Morgan fingerprint density at radius 3 is 2.89 bits per heavy atom. The number of benzene rings is 1. The predicted octanol–water partition coefficient (Wildman–Crippen LogP) is 3.90. The van der Waals surface area contributed by atoms with Crippen LogP contribution in [0.25, 0.3) is 17.4 Å². The van der Waals surface area contributed by atoms with Crippen molar-refractivity contribution in [1.29, 1.82) is 0 Å². The van der Waals surface area contributed by atoms with Crippen LogP contribution in [0.2, 0.25) is 0 Å². The summed E-state index contributed by atoms with van der Waals surface area (Å²) < 4.78 is 11.1. The Bertz CT molecular complexity index is 584. The topological polar surface area (TPSA) is 39.4 Å². The van der Waals surface area contributed by atoms with E-state index in [1.54, 1.807) is 12.1 Å². The van der Waals surface area contributed by atoms with Gasteiger partial charge in [-0.05, 0) is 30.3 Å². The smallest absolute Gasteiger partial charge is 0.330 e. The van der Waals surface area contributed by atoms with Gasteiger partial charge in [0, 0.05) is 16.1 Å². The summed E-state index contributed by atoms with van der Waals surface area (Å²) in [6.45, 7) is 0. The van der Waals surface area contributed by atoms with Crippen LogP contribution in [0, 0.1) is 0 Å². The number of carbonyl (C=O) groups is 1. The molecule has 1 aromatic heterocycles.